The Kier molecular flexibility index (Phi) is 11.8. The molecule has 0 spiro atoms. The van der Waals surface area contributed by atoms with Crippen LogP contribution in [0.3, 0.4) is 0 Å². The summed E-state index contributed by atoms with van der Waals surface area (Å²) < 4.78 is 16.5. The molecule has 3 aromatic carbocycles. The van der Waals surface area contributed by atoms with Gasteiger partial charge in [0.1, 0.15) is 32.8 Å². The van der Waals surface area contributed by atoms with Crippen LogP contribution in [0.25, 0.3) is 0 Å². The van der Waals surface area contributed by atoms with Gasteiger partial charge in [-0.15, -0.1) is 0 Å². The Bertz CT molecular complexity index is 1480. The van der Waals surface area contributed by atoms with Crippen LogP contribution in [-0.2, 0) is 38.6 Å². The lowest BCUT2D eigenvalue weighted by atomic mass is 10.0. The molecule has 0 amide bonds. The number of ether oxygens (including phenoxy) is 3. The second-order valence-electron chi connectivity index (χ2n) is 12.0. The van der Waals surface area contributed by atoms with Gasteiger partial charge in [-0.25, -0.2) is 9.59 Å². The standard InChI is InChI=1S/C33H40N4O9/c1-36(22-27-8-4-2-5-9-27,23-28-10-14-30(15-11-28)34(40)41)20-21-44-33(39)46-26-45-32(38)25-37(18-6-3-7-19-37)24-29-12-16-31(17-13-29)35(42)43/h2,4-5,8-17H,3,6-7,18-26H2,1H3/q+2/t36-/m0/s1. The van der Waals surface area contributed by atoms with Crippen molar-refractivity contribution in [1.82, 2.24) is 0 Å². The van der Waals surface area contributed by atoms with Gasteiger partial charge in [0, 0.05) is 41.0 Å². The minimum atomic E-state index is -0.956. The van der Waals surface area contributed by atoms with Gasteiger partial charge in [-0.3, -0.25) is 20.2 Å². The zero-order valence-electron chi connectivity index (χ0n) is 26.0. The fourth-order valence-corrected chi connectivity index (χ4v) is 5.92. The van der Waals surface area contributed by atoms with Crippen LogP contribution >= 0.6 is 0 Å². The molecule has 1 atom stereocenters. The van der Waals surface area contributed by atoms with E-state index in [0.29, 0.717) is 35.1 Å². The predicted octanol–water partition coefficient (Wildman–Crippen LogP) is 5.50. The van der Waals surface area contributed by atoms with Gasteiger partial charge < -0.3 is 23.2 Å². The summed E-state index contributed by atoms with van der Waals surface area (Å²) in [5.74, 6) is -0.508. The number of nitrogens with zero attached hydrogens (tertiary/aromatic N) is 4. The molecule has 0 aliphatic carbocycles. The minimum absolute atomic E-state index is 0.0154. The summed E-state index contributed by atoms with van der Waals surface area (Å²) in [6.07, 6.45) is 2.02. The van der Waals surface area contributed by atoms with Gasteiger partial charge in [-0.05, 0) is 43.5 Å². The Morgan fingerprint density at radius 3 is 1.85 bits per heavy atom. The lowest BCUT2D eigenvalue weighted by Gasteiger charge is -2.40. The van der Waals surface area contributed by atoms with Crippen molar-refractivity contribution in [2.75, 3.05) is 46.6 Å². The van der Waals surface area contributed by atoms with E-state index in [1.165, 1.54) is 24.3 Å². The van der Waals surface area contributed by atoms with Crippen molar-refractivity contribution in [2.24, 2.45) is 0 Å². The second-order valence-corrected chi connectivity index (χ2v) is 12.0. The average molecular weight is 637 g/mol. The lowest BCUT2D eigenvalue weighted by Crippen LogP contribution is -2.53. The van der Waals surface area contributed by atoms with Gasteiger partial charge in [0.15, 0.2) is 6.54 Å². The summed E-state index contributed by atoms with van der Waals surface area (Å²) in [5.41, 5.74) is 2.92. The van der Waals surface area contributed by atoms with Crippen molar-refractivity contribution in [1.29, 1.82) is 0 Å². The maximum Gasteiger partial charge on any atom is 0.511 e. The molecule has 244 valence electrons. The van der Waals surface area contributed by atoms with Gasteiger partial charge in [0.25, 0.3) is 11.4 Å². The summed E-state index contributed by atoms with van der Waals surface area (Å²) in [7, 11) is 2.01. The SMILES string of the molecule is C[N@+](CCOC(=O)OCOC(=O)C[N+]1(Cc2ccc([N+](=O)[O-])cc2)CCCCC1)(Cc1ccccc1)Cc1ccc([N+](=O)[O-])cc1. The van der Waals surface area contributed by atoms with Crippen molar-refractivity contribution in [3.05, 3.63) is 116 Å². The number of quaternary nitrogens is 2. The van der Waals surface area contributed by atoms with Crippen molar-refractivity contribution < 1.29 is 42.6 Å². The van der Waals surface area contributed by atoms with E-state index in [1.807, 2.05) is 37.4 Å². The molecule has 13 nitrogen and oxygen atoms in total. The molecule has 0 aromatic heterocycles. The van der Waals surface area contributed by atoms with Crippen LogP contribution in [0.15, 0.2) is 78.9 Å². The number of esters is 1. The van der Waals surface area contributed by atoms with Gasteiger partial charge in [-0.2, -0.15) is 0 Å². The van der Waals surface area contributed by atoms with Crippen LogP contribution in [0.5, 0.6) is 0 Å². The second kappa shape index (κ2) is 15.9. The highest BCUT2D eigenvalue weighted by Crippen LogP contribution is 2.24. The number of rotatable bonds is 15. The molecule has 0 radical (unpaired) electrons. The van der Waals surface area contributed by atoms with E-state index in [4.69, 9.17) is 14.2 Å². The molecule has 1 aliphatic heterocycles. The molecule has 1 heterocycles. The number of nitro groups is 2. The van der Waals surface area contributed by atoms with Gasteiger partial charge in [0.2, 0.25) is 6.79 Å². The summed E-state index contributed by atoms with van der Waals surface area (Å²) in [4.78, 5) is 46.3. The predicted molar refractivity (Wildman–Crippen MR) is 167 cm³/mol. The zero-order valence-corrected chi connectivity index (χ0v) is 26.0. The molecular weight excluding hydrogens is 596 g/mol. The molecule has 0 N–H and O–H groups in total. The third-order valence-electron chi connectivity index (χ3n) is 8.26. The number of piperidine rings is 1. The van der Waals surface area contributed by atoms with E-state index < -0.39 is 28.8 Å². The van der Waals surface area contributed by atoms with Crippen LogP contribution in [0.1, 0.15) is 36.0 Å². The largest absolute Gasteiger partial charge is 0.511 e. The first-order valence-corrected chi connectivity index (χ1v) is 15.2. The maximum atomic E-state index is 12.8. The Labute approximate surface area is 267 Å². The van der Waals surface area contributed by atoms with E-state index >= 15 is 0 Å². The number of carbonyl (C=O) groups excluding carboxylic acids is 2. The average Bonchev–Trinajstić information content (AvgIpc) is 3.02. The number of non-ortho nitro benzene ring substituents is 2. The molecule has 13 heteroatoms. The highest BCUT2D eigenvalue weighted by Gasteiger charge is 2.34. The summed E-state index contributed by atoms with van der Waals surface area (Å²) in [5, 5.41) is 22.1. The van der Waals surface area contributed by atoms with Crippen molar-refractivity contribution >= 4 is 23.5 Å². The Hall–Kier alpha value is -4.88. The zero-order chi connectivity index (χ0) is 33.0. The van der Waals surface area contributed by atoms with Gasteiger partial charge in [0.05, 0.1) is 30.0 Å². The fourth-order valence-electron chi connectivity index (χ4n) is 5.92. The third kappa shape index (κ3) is 10.3. The molecule has 4 rings (SSSR count). The molecule has 0 unspecified atom stereocenters. The summed E-state index contributed by atoms with van der Waals surface area (Å²) in [6.45, 7) is 3.25. The molecule has 3 aromatic rings. The monoisotopic (exact) mass is 636 g/mol. The smallest absolute Gasteiger partial charge is 0.428 e. The minimum Gasteiger partial charge on any atom is -0.428 e. The highest BCUT2D eigenvalue weighted by atomic mass is 16.8. The number of carbonyl (C=O) groups is 2. The fraction of sp³-hybridized carbons (Fsp3) is 0.394. The quantitative estimate of drug-likeness (QED) is 0.0693. The first-order chi connectivity index (χ1) is 22.0. The Morgan fingerprint density at radius 1 is 0.739 bits per heavy atom. The van der Waals surface area contributed by atoms with E-state index in [9.17, 15) is 29.8 Å². The summed E-state index contributed by atoms with van der Waals surface area (Å²) in [6, 6.07) is 22.6. The lowest BCUT2D eigenvalue weighted by molar-refractivity contribution is -0.938. The molecular formula is C33H40N4O9+2. The van der Waals surface area contributed by atoms with Gasteiger partial charge in [-0.1, -0.05) is 30.3 Å². The number of hydrogen-bond donors (Lipinski definition) is 0. The van der Waals surface area contributed by atoms with E-state index in [1.54, 1.807) is 24.3 Å². The van der Waals surface area contributed by atoms with Gasteiger partial charge >= 0.3 is 12.1 Å². The van der Waals surface area contributed by atoms with E-state index in [-0.39, 0.29) is 24.5 Å². The number of benzene rings is 3. The first-order valence-electron chi connectivity index (χ1n) is 15.2. The number of hydrogen-bond acceptors (Lipinski definition) is 9. The number of nitro benzene ring substituents is 2. The van der Waals surface area contributed by atoms with Crippen LogP contribution in [-0.4, -0.2) is 77.6 Å². The van der Waals surface area contributed by atoms with Crippen LogP contribution in [0, 0.1) is 20.2 Å². The normalized spacial score (nSPS) is 15.2. The third-order valence-corrected chi connectivity index (χ3v) is 8.26. The van der Waals surface area contributed by atoms with E-state index in [0.717, 1.165) is 49.0 Å². The molecule has 1 fully saturated rings. The maximum absolute atomic E-state index is 12.8. The molecule has 1 saturated heterocycles. The number of likely N-dealkylation sites (N-methyl/N-ethyl adjacent to an activating group) is 1. The topological polar surface area (TPSA) is 148 Å². The first kappa shape index (κ1) is 34.0. The van der Waals surface area contributed by atoms with E-state index in [2.05, 4.69) is 0 Å². The Morgan fingerprint density at radius 2 is 1.28 bits per heavy atom. The van der Waals surface area contributed by atoms with Crippen LogP contribution < -0.4 is 0 Å². The Balaban J connectivity index is 1.26. The van der Waals surface area contributed by atoms with Crippen LogP contribution in [0.2, 0.25) is 0 Å². The molecule has 0 saturated carbocycles. The molecule has 1 aliphatic rings. The van der Waals surface area contributed by atoms with Crippen molar-refractivity contribution in [2.45, 2.75) is 38.9 Å². The number of likely N-dealkylation sites (tertiary alicyclic amines) is 1. The van der Waals surface area contributed by atoms with Crippen LogP contribution in [0.4, 0.5) is 16.2 Å². The highest BCUT2D eigenvalue weighted by molar-refractivity contribution is 5.70. The molecule has 0 bridgehead atoms. The summed E-state index contributed by atoms with van der Waals surface area (Å²) >= 11 is 0. The van der Waals surface area contributed by atoms with Crippen molar-refractivity contribution in [3.63, 3.8) is 0 Å². The molecule has 46 heavy (non-hydrogen) atoms. The van der Waals surface area contributed by atoms with Crippen molar-refractivity contribution in [3.8, 4) is 0 Å².